The van der Waals surface area contributed by atoms with E-state index in [0.717, 1.165) is 27.1 Å². The summed E-state index contributed by atoms with van der Waals surface area (Å²) in [5.74, 6) is 1.47. The fourth-order valence-corrected chi connectivity index (χ4v) is 3.64. The monoisotopic (exact) mass is 409 g/mol. The maximum atomic E-state index is 12.7. The van der Waals surface area contributed by atoms with E-state index in [2.05, 4.69) is 20.5 Å². The topological polar surface area (TPSA) is 114 Å². The number of fused-ring (bicyclic) bond motifs is 1. The zero-order valence-corrected chi connectivity index (χ0v) is 16.8. The first-order valence-corrected chi connectivity index (χ1v) is 9.97. The third kappa shape index (κ3) is 4.47. The highest BCUT2D eigenvalue weighted by Gasteiger charge is 2.18. The van der Waals surface area contributed by atoms with Gasteiger partial charge in [0.25, 0.3) is 5.56 Å². The second-order valence-corrected chi connectivity index (χ2v) is 7.43. The minimum Gasteiger partial charge on any atom is -0.467 e. The minimum atomic E-state index is -0.0894. The van der Waals surface area contributed by atoms with Gasteiger partial charge in [-0.1, -0.05) is 18.2 Å². The molecule has 1 unspecified atom stereocenters. The minimum absolute atomic E-state index is 0.0894. The molecule has 0 amide bonds. The van der Waals surface area contributed by atoms with Crippen molar-refractivity contribution in [2.24, 2.45) is 0 Å². The Morgan fingerprint density at radius 1 is 1.23 bits per heavy atom. The first-order valence-electron chi connectivity index (χ1n) is 9.97. The number of rotatable bonds is 9. The zero-order valence-electron chi connectivity index (χ0n) is 16.8. The molecule has 4 rings (SSSR count). The third-order valence-corrected chi connectivity index (χ3v) is 5.19. The van der Waals surface area contributed by atoms with Crippen LogP contribution in [0.15, 0.2) is 51.9 Å². The number of aryl methyl sites for hydroxylation is 1. The van der Waals surface area contributed by atoms with Crippen LogP contribution < -0.4 is 10.5 Å². The smallest absolute Gasteiger partial charge is 0.257 e. The second-order valence-electron chi connectivity index (χ2n) is 7.43. The number of aliphatic hydroxyl groups is 1. The SMILES string of the molecule is Cc1cccc2cc(C[NH+](CCCO)Cc3nnnn3Cc3ccco3)c(=O)[nH]c12. The van der Waals surface area contributed by atoms with Gasteiger partial charge in [-0.15, -0.1) is 5.10 Å². The average Bonchev–Trinajstić information content (AvgIpc) is 3.40. The third-order valence-electron chi connectivity index (χ3n) is 5.19. The number of nitrogens with one attached hydrogen (secondary N) is 2. The number of aromatic nitrogens is 5. The molecule has 0 aliphatic carbocycles. The number of hydrogen-bond acceptors (Lipinski definition) is 6. The van der Waals surface area contributed by atoms with Gasteiger partial charge in [-0.05, 0) is 46.5 Å². The molecule has 0 fully saturated rings. The molecule has 4 aromatic rings. The van der Waals surface area contributed by atoms with Gasteiger partial charge in [-0.2, -0.15) is 0 Å². The van der Waals surface area contributed by atoms with Crippen molar-refractivity contribution in [3.8, 4) is 0 Å². The van der Waals surface area contributed by atoms with E-state index in [1.54, 1.807) is 10.9 Å². The molecular formula is C21H25N6O3+. The number of tetrazole rings is 1. The predicted octanol–water partition coefficient (Wildman–Crippen LogP) is 0.432. The summed E-state index contributed by atoms with van der Waals surface area (Å²) < 4.78 is 7.09. The van der Waals surface area contributed by atoms with Crippen molar-refractivity contribution < 1.29 is 14.4 Å². The molecule has 30 heavy (non-hydrogen) atoms. The van der Waals surface area contributed by atoms with Gasteiger partial charge in [-0.25, -0.2) is 4.68 Å². The summed E-state index contributed by atoms with van der Waals surface area (Å²) in [5, 5.41) is 22.4. The lowest BCUT2D eigenvalue weighted by Crippen LogP contribution is -3.09. The van der Waals surface area contributed by atoms with Gasteiger partial charge in [0.1, 0.15) is 25.4 Å². The van der Waals surface area contributed by atoms with Crippen molar-refractivity contribution in [3.05, 3.63) is 75.7 Å². The van der Waals surface area contributed by atoms with E-state index in [4.69, 9.17) is 4.42 Å². The Morgan fingerprint density at radius 2 is 2.13 bits per heavy atom. The Bertz CT molecular complexity index is 1170. The first kappa shape index (κ1) is 20.0. The second kappa shape index (κ2) is 9.02. The van der Waals surface area contributed by atoms with Crippen molar-refractivity contribution >= 4 is 10.9 Å². The van der Waals surface area contributed by atoms with Gasteiger partial charge in [-0.3, -0.25) is 4.79 Å². The summed E-state index contributed by atoms with van der Waals surface area (Å²) in [6, 6.07) is 11.6. The van der Waals surface area contributed by atoms with Crippen LogP contribution in [0.1, 0.15) is 29.1 Å². The van der Waals surface area contributed by atoms with Crippen molar-refractivity contribution in [1.82, 2.24) is 25.2 Å². The number of furan rings is 1. The van der Waals surface area contributed by atoms with Crippen LogP contribution in [0.3, 0.4) is 0 Å². The van der Waals surface area contributed by atoms with Crippen molar-refractivity contribution in [1.29, 1.82) is 0 Å². The molecule has 0 spiro atoms. The number of hydrogen-bond donors (Lipinski definition) is 3. The van der Waals surface area contributed by atoms with Gasteiger partial charge in [0.15, 0.2) is 0 Å². The van der Waals surface area contributed by atoms with Gasteiger partial charge in [0, 0.05) is 13.0 Å². The van der Waals surface area contributed by atoms with E-state index in [1.807, 2.05) is 43.3 Å². The maximum Gasteiger partial charge on any atom is 0.257 e. The zero-order chi connectivity index (χ0) is 20.9. The molecule has 1 atom stereocenters. The van der Waals surface area contributed by atoms with Crippen LogP contribution in [0, 0.1) is 6.92 Å². The number of nitrogens with zero attached hydrogens (tertiary/aromatic N) is 4. The molecule has 0 aliphatic heterocycles. The van der Waals surface area contributed by atoms with Crippen molar-refractivity contribution in [3.63, 3.8) is 0 Å². The van der Waals surface area contributed by atoms with E-state index in [9.17, 15) is 9.90 Å². The Hall–Kier alpha value is -3.30. The fraction of sp³-hybridized carbons (Fsp3) is 0.333. The van der Waals surface area contributed by atoms with Crippen LogP contribution in [0.25, 0.3) is 10.9 Å². The molecular weight excluding hydrogens is 384 g/mol. The molecule has 9 nitrogen and oxygen atoms in total. The largest absolute Gasteiger partial charge is 0.467 e. The van der Waals surface area contributed by atoms with E-state index in [-0.39, 0.29) is 12.2 Å². The number of aromatic amines is 1. The number of benzene rings is 1. The van der Waals surface area contributed by atoms with Crippen LogP contribution in [0.4, 0.5) is 0 Å². The van der Waals surface area contributed by atoms with Crippen LogP contribution in [0.5, 0.6) is 0 Å². The van der Waals surface area contributed by atoms with E-state index in [1.165, 1.54) is 0 Å². The van der Waals surface area contributed by atoms with Crippen LogP contribution in [0.2, 0.25) is 0 Å². The Labute approximate surface area is 172 Å². The highest BCUT2D eigenvalue weighted by atomic mass is 16.3. The summed E-state index contributed by atoms with van der Waals surface area (Å²) in [4.78, 5) is 16.8. The van der Waals surface area contributed by atoms with Crippen LogP contribution in [-0.4, -0.2) is 43.4 Å². The summed E-state index contributed by atoms with van der Waals surface area (Å²) in [5.41, 5.74) is 2.52. The highest BCUT2D eigenvalue weighted by molar-refractivity contribution is 5.81. The number of H-pyrrole nitrogens is 1. The van der Waals surface area contributed by atoms with Crippen molar-refractivity contribution in [2.45, 2.75) is 33.0 Å². The van der Waals surface area contributed by atoms with Gasteiger partial charge in [0.2, 0.25) is 5.82 Å². The normalized spacial score (nSPS) is 12.5. The predicted molar refractivity (Wildman–Crippen MR) is 110 cm³/mol. The summed E-state index contributed by atoms with van der Waals surface area (Å²) in [6.07, 6.45) is 2.24. The molecule has 9 heteroatoms. The molecule has 3 N–H and O–H groups in total. The Kier molecular flexibility index (Phi) is 6.01. The standard InChI is InChI=1S/C21H24N6O3/c1-15-5-2-6-16-11-17(21(29)22-20(15)16)12-26(8-4-9-28)14-19-23-24-25-27(19)13-18-7-3-10-30-18/h2-3,5-7,10-11,28H,4,8-9,12-14H2,1H3,(H,22,29)/p+1. The van der Waals surface area contributed by atoms with Gasteiger partial charge in [0.05, 0.1) is 23.9 Å². The lowest BCUT2D eigenvalue weighted by Gasteiger charge is -2.18. The molecule has 3 heterocycles. The van der Waals surface area contributed by atoms with E-state index in [0.29, 0.717) is 44.0 Å². The van der Waals surface area contributed by atoms with E-state index >= 15 is 0 Å². The number of pyridine rings is 1. The highest BCUT2D eigenvalue weighted by Crippen LogP contribution is 2.14. The van der Waals surface area contributed by atoms with Gasteiger partial charge < -0.3 is 19.4 Å². The summed E-state index contributed by atoms with van der Waals surface area (Å²) in [7, 11) is 0. The van der Waals surface area contributed by atoms with E-state index < -0.39 is 0 Å². The quantitative estimate of drug-likeness (QED) is 0.369. The molecule has 0 bridgehead atoms. The van der Waals surface area contributed by atoms with Gasteiger partial charge >= 0.3 is 0 Å². The fourth-order valence-electron chi connectivity index (χ4n) is 3.64. The maximum absolute atomic E-state index is 12.7. The Balaban J connectivity index is 1.57. The number of aliphatic hydroxyl groups excluding tert-OH is 1. The van der Waals surface area contributed by atoms with Crippen LogP contribution >= 0.6 is 0 Å². The first-order chi connectivity index (χ1) is 14.6. The molecule has 0 saturated heterocycles. The molecule has 1 aromatic carbocycles. The van der Waals surface area contributed by atoms with Crippen LogP contribution in [-0.2, 0) is 19.6 Å². The molecule has 156 valence electrons. The molecule has 3 aromatic heterocycles. The van der Waals surface area contributed by atoms with Crippen molar-refractivity contribution in [2.75, 3.05) is 13.2 Å². The Morgan fingerprint density at radius 3 is 2.93 bits per heavy atom. The average molecular weight is 409 g/mol. The summed E-state index contributed by atoms with van der Waals surface area (Å²) in [6.45, 7) is 4.24. The number of para-hydroxylation sites is 1. The molecule has 0 radical (unpaired) electrons. The lowest BCUT2D eigenvalue weighted by molar-refractivity contribution is -0.928. The summed E-state index contributed by atoms with van der Waals surface area (Å²) >= 11 is 0. The molecule has 0 saturated carbocycles. The number of quaternary nitrogens is 1. The lowest BCUT2D eigenvalue weighted by atomic mass is 10.1. The molecule has 0 aliphatic rings.